The molecule has 0 bridgehead atoms. The minimum atomic E-state index is 0.521. The van der Waals surface area contributed by atoms with Crippen LogP contribution in [0.3, 0.4) is 0 Å². The van der Waals surface area contributed by atoms with Crippen molar-refractivity contribution in [2.24, 2.45) is 0 Å². The fraction of sp³-hybridized carbons (Fsp3) is 0. The van der Waals surface area contributed by atoms with Gasteiger partial charge >= 0.3 is 0 Å². The van der Waals surface area contributed by atoms with Crippen molar-refractivity contribution in [1.29, 1.82) is 0 Å². The molecule has 2 aromatic heterocycles. The Morgan fingerprint density at radius 3 is 1.04 bits per heavy atom. The van der Waals surface area contributed by atoms with Gasteiger partial charge in [0.2, 0.25) is 0 Å². The summed E-state index contributed by atoms with van der Waals surface area (Å²) in [7, 11) is 0. The van der Waals surface area contributed by atoms with Crippen molar-refractivity contribution >= 4 is 5.69 Å². The van der Waals surface area contributed by atoms with Crippen LogP contribution in [-0.4, -0.2) is 29.9 Å². The van der Waals surface area contributed by atoms with Crippen molar-refractivity contribution in [3.8, 4) is 90.6 Å². The van der Waals surface area contributed by atoms with Crippen LogP contribution in [0.25, 0.3) is 95.4 Å². The second kappa shape index (κ2) is 15.2. The van der Waals surface area contributed by atoms with Crippen LogP contribution in [-0.2, 0) is 0 Å². The third kappa shape index (κ3) is 6.94. The van der Waals surface area contributed by atoms with Gasteiger partial charge in [0, 0.05) is 33.4 Å². The summed E-state index contributed by atoms with van der Waals surface area (Å²) in [6.45, 7) is 7.47. The summed E-state index contributed by atoms with van der Waals surface area (Å²) in [6, 6.07) is 62.0. The van der Waals surface area contributed by atoms with E-state index in [2.05, 4.69) is 29.1 Å². The number of hydrogen-bond acceptors (Lipinski definition) is 6. The van der Waals surface area contributed by atoms with Gasteiger partial charge in [0.05, 0.1) is 6.57 Å². The zero-order valence-electron chi connectivity index (χ0n) is 30.0. The van der Waals surface area contributed by atoms with Crippen LogP contribution in [0.2, 0.25) is 0 Å². The van der Waals surface area contributed by atoms with Crippen molar-refractivity contribution in [3.05, 3.63) is 199 Å². The molecule has 0 N–H and O–H groups in total. The summed E-state index contributed by atoms with van der Waals surface area (Å²) >= 11 is 0. The molecule has 0 saturated carbocycles. The minimum Gasteiger partial charge on any atom is -0.238 e. The van der Waals surface area contributed by atoms with Gasteiger partial charge in [-0.05, 0) is 28.3 Å². The van der Waals surface area contributed by atoms with E-state index in [-0.39, 0.29) is 0 Å². The molecule has 0 aliphatic carbocycles. The Balaban J connectivity index is 1.29. The van der Waals surface area contributed by atoms with Gasteiger partial charge in [-0.2, -0.15) is 0 Å². The number of benzene rings is 7. The van der Waals surface area contributed by atoms with Crippen molar-refractivity contribution in [2.45, 2.75) is 0 Å². The van der Waals surface area contributed by atoms with Crippen LogP contribution in [0, 0.1) is 6.57 Å². The lowest BCUT2D eigenvalue weighted by Crippen LogP contribution is -2.03. The number of nitrogens with zero attached hydrogens (tertiary/aromatic N) is 7. The number of hydrogen-bond donors (Lipinski definition) is 0. The second-order valence-electron chi connectivity index (χ2n) is 13.0. The Hall–Kier alpha value is -7.95. The maximum Gasteiger partial charge on any atom is 0.187 e. The van der Waals surface area contributed by atoms with E-state index < -0.39 is 0 Å². The van der Waals surface area contributed by atoms with Gasteiger partial charge < -0.3 is 0 Å². The first-order valence-corrected chi connectivity index (χ1v) is 18.2. The molecule has 9 aromatic rings. The molecule has 0 fully saturated rings. The van der Waals surface area contributed by atoms with Gasteiger partial charge in [-0.1, -0.05) is 182 Å². The van der Waals surface area contributed by atoms with E-state index in [0.717, 1.165) is 55.6 Å². The molecule has 0 radical (unpaired) electrons. The van der Waals surface area contributed by atoms with Crippen molar-refractivity contribution < 1.29 is 0 Å². The monoisotopic (exact) mass is 717 g/mol. The largest absolute Gasteiger partial charge is 0.238 e. The van der Waals surface area contributed by atoms with E-state index in [9.17, 15) is 0 Å². The maximum absolute atomic E-state index is 7.47. The fourth-order valence-corrected chi connectivity index (χ4v) is 6.64. The Morgan fingerprint density at radius 1 is 0.268 bits per heavy atom. The van der Waals surface area contributed by atoms with E-state index in [4.69, 9.17) is 36.5 Å². The molecule has 0 aliphatic rings. The van der Waals surface area contributed by atoms with Crippen molar-refractivity contribution in [1.82, 2.24) is 29.9 Å². The average molecular weight is 718 g/mol. The predicted octanol–water partition coefficient (Wildman–Crippen LogP) is 11.9. The first kappa shape index (κ1) is 33.9. The molecule has 7 aromatic carbocycles. The molecule has 0 unspecified atom stereocenters. The van der Waals surface area contributed by atoms with E-state index in [0.29, 0.717) is 40.6 Å². The topological polar surface area (TPSA) is 81.7 Å². The molecule has 262 valence electrons. The summed E-state index contributed by atoms with van der Waals surface area (Å²) in [5.74, 6) is 3.37. The Bertz CT molecular complexity index is 2720. The van der Waals surface area contributed by atoms with Crippen LogP contribution < -0.4 is 0 Å². The summed E-state index contributed by atoms with van der Waals surface area (Å²) in [5, 5.41) is 0. The third-order valence-corrected chi connectivity index (χ3v) is 9.45. The molecule has 0 aliphatic heterocycles. The van der Waals surface area contributed by atoms with Gasteiger partial charge in [-0.25, -0.2) is 34.7 Å². The van der Waals surface area contributed by atoms with Crippen LogP contribution in [0.5, 0.6) is 0 Å². The highest BCUT2D eigenvalue weighted by molar-refractivity contribution is 5.92. The molecule has 0 spiro atoms. The van der Waals surface area contributed by atoms with Gasteiger partial charge in [-0.15, -0.1) is 0 Å². The van der Waals surface area contributed by atoms with Gasteiger partial charge in [0.1, 0.15) is 0 Å². The SMILES string of the molecule is [C-]#[N+]c1ccc(-c2ccc(-c3ccccc3-c3nc(-c4ccccc4)nc(-c4ccccc4)n3)c(-c3nc(-c4ccccc4)nc(-c4ccccc4)n3)c2)cc1. The van der Waals surface area contributed by atoms with Crippen molar-refractivity contribution in [2.75, 3.05) is 0 Å². The van der Waals surface area contributed by atoms with Gasteiger partial charge in [0.15, 0.2) is 40.6 Å². The van der Waals surface area contributed by atoms with E-state index in [1.54, 1.807) is 0 Å². The first-order valence-electron chi connectivity index (χ1n) is 18.2. The fourth-order valence-electron chi connectivity index (χ4n) is 6.64. The van der Waals surface area contributed by atoms with E-state index >= 15 is 0 Å². The zero-order chi connectivity index (χ0) is 37.7. The summed E-state index contributed by atoms with van der Waals surface area (Å²) in [4.78, 5) is 34.0. The smallest absolute Gasteiger partial charge is 0.187 e. The molecular weight excluding hydrogens is 687 g/mol. The Kier molecular flexibility index (Phi) is 9.18. The van der Waals surface area contributed by atoms with Gasteiger partial charge in [0.25, 0.3) is 0 Å². The minimum absolute atomic E-state index is 0.521. The predicted molar refractivity (Wildman–Crippen MR) is 223 cm³/mol. The second-order valence-corrected chi connectivity index (χ2v) is 13.0. The summed E-state index contributed by atoms with van der Waals surface area (Å²) in [5.41, 5.74) is 9.51. The lowest BCUT2D eigenvalue weighted by Gasteiger charge is -2.17. The van der Waals surface area contributed by atoms with E-state index in [1.807, 2.05) is 164 Å². The molecule has 0 saturated heterocycles. The van der Waals surface area contributed by atoms with Crippen LogP contribution in [0.15, 0.2) is 188 Å². The highest BCUT2D eigenvalue weighted by Crippen LogP contribution is 2.40. The van der Waals surface area contributed by atoms with Crippen LogP contribution >= 0.6 is 0 Å². The number of aromatic nitrogens is 6. The number of rotatable bonds is 8. The lowest BCUT2D eigenvalue weighted by atomic mass is 9.91. The zero-order valence-corrected chi connectivity index (χ0v) is 30.0. The molecular formula is C49H31N7. The highest BCUT2D eigenvalue weighted by atomic mass is 15.0. The molecule has 7 nitrogen and oxygen atoms in total. The molecule has 0 amide bonds. The Morgan fingerprint density at radius 2 is 0.607 bits per heavy atom. The molecule has 2 heterocycles. The molecule has 56 heavy (non-hydrogen) atoms. The standard InChI is InChI=1S/C49H31N7/c1-50-39-29-26-33(27-30-39)38-28-31-41(43(32-38)49-55-46(36-20-10-4-11-21-36)52-47(56-49)37-22-12-5-13-23-37)40-24-14-15-25-42(40)48-53-44(34-16-6-2-7-17-34)51-45(54-48)35-18-8-3-9-19-35/h2-32H. The molecule has 9 rings (SSSR count). The van der Waals surface area contributed by atoms with Crippen LogP contribution in [0.4, 0.5) is 5.69 Å². The lowest BCUT2D eigenvalue weighted by molar-refractivity contribution is 1.07. The van der Waals surface area contributed by atoms with Gasteiger partial charge in [-0.3, -0.25) is 0 Å². The Labute approximate surface area is 324 Å². The average Bonchev–Trinajstić information content (AvgIpc) is 3.29. The summed E-state index contributed by atoms with van der Waals surface area (Å²) in [6.07, 6.45) is 0. The summed E-state index contributed by atoms with van der Waals surface area (Å²) < 4.78 is 0. The van der Waals surface area contributed by atoms with Crippen LogP contribution in [0.1, 0.15) is 0 Å². The van der Waals surface area contributed by atoms with E-state index in [1.165, 1.54) is 0 Å². The first-order chi connectivity index (χ1) is 27.7. The highest BCUT2D eigenvalue weighted by Gasteiger charge is 2.21. The third-order valence-electron chi connectivity index (χ3n) is 9.45. The normalized spacial score (nSPS) is 10.8. The molecule has 0 atom stereocenters. The quantitative estimate of drug-likeness (QED) is 0.146. The van der Waals surface area contributed by atoms with Crippen molar-refractivity contribution in [3.63, 3.8) is 0 Å². The maximum atomic E-state index is 7.47. The molecule has 7 heteroatoms.